The van der Waals surface area contributed by atoms with Crippen molar-refractivity contribution in [2.24, 2.45) is 0 Å². The molecule has 1 aliphatic heterocycles. The first kappa shape index (κ1) is 16.8. The van der Waals surface area contributed by atoms with Gasteiger partial charge in [-0.1, -0.05) is 26.2 Å². The lowest BCUT2D eigenvalue weighted by molar-refractivity contribution is 0.0945. The largest absolute Gasteiger partial charge is 0.439 e. The van der Waals surface area contributed by atoms with Crippen LogP contribution in [0.4, 0.5) is 0 Å². The summed E-state index contributed by atoms with van der Waals surface area (Å²) in [7, 11) is -6.16. The topological polar surface area (TPSA) is 18.5 Å². The zero-order chi connectivity index (χ0) is 14.6. The smallest absolute Gasteiger partial charge is 0.300 e. The molecule has 108 valence electrons. The molecule has 1 rings (SSSR count). The van der Waals surface area contributed by atoms with Gasteiger partial charge in [-0.3, -0.25) is 0 Å². The van der Waals surface area contributed by atoms with Crippen molar-refractivity contribution in [3.8, 4) is 0 Å². The van der Waals surface area contributed by atoms with Crippen molar-refractivity contribution in [1.82, 2.24) is 0 Å². The Balaban J connectivity index is 3.22. The first-order valence-corrected chi connectivity index (χ1v) is 21.0. The Morgan fingerprint density at radius 2 is 1.44 bits per heavy atom. The Labute approximate surface area is 117 Å². The molecule has 0 aromatic rings. The van der Waals surface area contributed by atoms with Crippen molar-refractivity contribution in [3.63, 3.8) is 0 Å². The maximum absolute atomic E-state index is 6.70. The van der Waals surface area contributed by atoms with Crippen LogP contribution in [0, 0.1) is 0 Å². The SMILES string of the molecule is CC1(C)C[Si](C)(C)[Si](C)(C)[Si](C)(O[Si](C)(C)C)O1. The third-order valence-corrected chi connectivity index (χ3v) is 45.9. The van der Waals surface area contributed by atoms with E-state index >= 15 is 0 Å². The van der Waals surface area contributed by atoms with Crippen LogP contribution < -0.4 is 0 Å². The standard InChI is InChI=1S/C12H32O2Si4/c1-12(2)11-16(6,7)17(8,9)18(10,13-12)14-15(3,4)5/h11H2,1-10H3. The normalized spacial score (nSPS) is 34.3. The van der Waals surface area contributed by atoms with Gasteiger partial charge in [-0.05, 0) is 46.1 Å². The zero-order valence-electron chi connectivity index (χ0n) is 14.0. The van der Waals surface area contributed by atoms with E-state index in [0.717, 1.165) is 0 Å². The molecule has 0 spiro atoms. The molecule has 2 nitrogen and oxygen atoms in total. The summed E-state index contributed by atoms with van der Waals surface area (Å²) >= 11 is 0. The molecule has 1 atom stereocenters. The maximum Gasteiger partial charge on any atom is 0.300 e. The highest BCUT2D eigenvalue weighted by molar-refractivity contribution is 7.67. The third-order valence-electron chi connectivity index (χ3n) is 4.67. The van der Waals surface area contributed by atoms with E-state index in [4.69, 9.17) is 8.54 Å². The molecule has 0 radical (unpaired) electrons. The van der Waals surface area contributed by atoms with E-state index < -0.39 is 31.1 Å². The molecule has 1 heterocycles. The minimum Gasteiger partial charge on any atom is -0.439 e. The predicted octanol–water partition coefficient (Wildman–Crippen LogP) is 4.29. The zero-order valence-corrected chi connectivity index (χ0v) is 18.0. The van der Waals surface area contributed by atoms with Crippen molar-refractivity contribution in [2.45, 2.75) is 77.9 Å². The fraction of sp³-hybridized carbons (Fsp3) is 1.00. The highest BCUT2D eigenvalue weighted by Crippen LogP contribution is 2.45. The summed E-state index contributed by atoms with van der Waals surface area (Å²) in [5, 5.41) is 0. The molecular weight excluding hydrogens is 288 g/mol. The summed E-state index contributed by atoms with van der Waals surface area (Å²) in [5.41, 5.74) is 0.0267. The molecule has 0 aromatic heterocycles. The second kappa shape index (κ2) is 4.39. The summed E-state index contributed by atoms with van der Waals surface area (Å²) in [6.45, 7) is 24.0. The van der Waals surface area contributed by atoms with Crippen LogP contribution in [0.5, 0.6) is 0 Å². The Morgan fingerprint density at radius 1 is 1.00 bits per heavy atom. The van der Waals surface area contributed by atoms with Crippen LogP contribution in [-0.4, -0.2) is 36.7 Å². The summed E-state index contributed by atoms with van der Waals surface area (Å²) in [6.07, 6.45) is 0. The third kappa shape index (κ3) is 3.09. The number of rotatable bonds is 2. The van der Waals surface area contributed by atoms with Gasteiger partial charge in [0.1, 0.15) is 7.11 Å². The summed E-state index contributed by atoms with van der Waals surface area (Å²) in [5.74, 6) is 0. The Hall–Kier alpha value is 0.788. The minimum atomic E-state index is -2.01. The van der Waals surface area contributed by atoms with Gasteiger partial charge >= 0.3 is 8.08 Å². The van der Waals surface area contributed by atoms with E-state index in [1.165, 1.54) is 6.04 Å². The molecule has 0 saturated carbocycles. The summed E-state index contributed by atoms with van der Waals surface area (Å²) < 4.78 is 13.3. The van der Waals surface area contributed by atoms with Gasteiger partial charge in [0.2, 0.25) is 0 Å². The van der Waals surface area contributed by atoms with Crippen LogP contribution in [0.3, 0.4) is 0 Å². The molecule has 1 fully saturated rings. The number of hydrogen-bond donors (Lipinski definition) is 0. The molecule has 1 unspecified atom stereocenters. The van der Waals surface area contributed by atoms with Crippen LogP contribution in [0.25, 0.3) is 0 Å². The summed E-state index contributed by atoms with van der Waals surface area (Å²) in [4.78, 5) is 0. The average Bonchev–Trinajstić information content (AvgIpc) is 1.92. The lowest BCUT2D eigenvalue weighted by Gasteiger charge is -2.59. The lowest BCUT2D eigenvalue weighted by Crippen LogP contribution is -2.81. The molecule has 0 bridgehead atoms. The Morgan fingerprint density at radius 3 is 1.83 bits per heavy atom. The summed E-state index contributed by atoms with van der Waals surface area (Å²) in [6, 6.07) is 1.29. The minimum absolute atomic E-state index is 0.0267. The molecule has 0 amide bonds. The van der Waals surface area contributed by atoms with Crippen molar-refractivity contribution < 1.29 is 8.54 Å². The highest BCUT2D eigenvalue weighted by atomic mass is 29.7. The van der Waals surface area contributed by atoms with E-state index in [1.54, 1.807) is 0 Å². The monoisotopic (exact) mass is 320 g/mol. The molecule has 0 aromatic carbocycles. The van der Waals surface area contributed by atoms with Crippen molar-refractivity contribution in [3.05, 3.63) is 0 Å². The van der Waals surface area contributed by atoms with E-state index in [1.807, 2.05) is 0 Å². The van der Waals surface area contributed by atoms with E-state index in [2.05, 4.69) is 66.2 Å². The fourth-order valence-electron chi connectivity index (χ4n) is 3.32. The van der Waals surface area contributed by atoms with Gasteiger partial charge in [0.05, 0.1) is 5.60 Å². The molecule has 0 aliphatic carbocycles. The first-order valence-electron chi connectivity index (χ1n) is 7.02. The second-order valence-corrected chi connectivity index (χ2v) is 39.0. The quantitative estimate of drug-likeness (QED) is 0.707. The highest BCUT2D eigenvalue weighted by Gasteiger charge is 2.65. The van der Waals surface area contributed by atoms with Gasteiger partial charge in [-0.15, -0.1) is 0 Å². The first-order chi connectivity index (χ1) is 7.62. The molecule has 0 N–H and O–H groups in total. The number of hydrogen-bond acceptors (Lipinski definition) is 2. The van der Waals surface area contributed by atoms with E-state index in [9.17, 15) is 0 Å². The molecule has 1 aliphatic rings. The molecule has 6 heteroatoms. The average molecular weight is 321 g/mol. The fourth-order valence-corrected chi connectivity index (χ4v) is 41.2. The van der Waals surface area contributed by atoms with Crippen LogP contribution in [0.2, 0.25) is 58.4 Å². The van der Waals surface area contributed by atoms with Gasteiger partial charge in [0.15, 0.2) is 8.32 Å². The van der Waals surface area contributed by atoms with Crippen molar-refractivity contribution >= 4 is 31.1 Å². The predicted molar refractivity (Wildman–Crippen MR) is 91.0 cm³/mol. The Bertz CT molecular complexity index is 329. The Kier molecular flexibility index (Phi) is 4.11. The van der Waals surface area contributed by atoms with Crippen molar-refractivity contribution in [1.29, 1.82) is 0 Å². The van der Waals surface area contributed by atoms with E-state index in [-0.39, 0.29) is 5.60 Å². The van der Waals surface area contributed by atoms with Crippen LogP contribution in [0.15, 0.2) is 0 Å². The van der Waals surface area contributed by atoms with Crippen LogP contribution >= 0.6 is 0 Å². The van der Waals surface area contributed by atoms with Gasteiger partial charge in [0.25, 0.3) is 0 Å². The van der Waals surface area contributed by atoms with Gasteiger partial charge < -0.3 is 8.54 Å². The maximum atomic E-state index is 6.70. The van der Waals surface area contributed by atoms with Gasteiger partial charge in [-0.25, -0.2) is 0 Å². The molecule has 18 heavy (non-hydrogen) atoms. The van der Waals surface area contributed by atoms with Crippen LogP contribution in [0.1, 0.15) is 13.8 Å². The van der Waals surface area contributed by atoms with E-state index in [0.29, 0.717) is 0 Å². The molecular formula is C12H32O2Si4. The van der Waals surface area contributed by atoms with Gasteiger partial charge in [0, 0.05) is 7.59 Å². The lowest BCUT2D eigenvalue weighted by atomic mass is 10.2. The van der Waals surface area contributed by atoms with Crippen LogP contribution in [-0.2, 0) is 8.54 Å². The van der Waals surface area contributed by atoms with Gasteiger partial charge in [-0.2, -0.15) is 0 Å². The second-order valence-electron chi connectivity index (χ2n) is 8.71. The van der Waals surface area contributed by atoms with Crippen molar-refractivity contribution in [2.75, 3.05) is 0 Å². The molecule has 1 saturated heterocycles.